The number of nitrogens with zero attached hydrogens (tertiary/aromatic N) is 4. The summed E-state index contributed by atoms with van der Waals surface area (Å²) in [6.45, 7) is 1.91. The maximum atomic E-state index is 11.2. The van der Waals surface area contributed by atoms with Gasteiger partial charge in [-0.15, -0.1) is 5.10 Å². The van der Waals surface area contributed by atoms with E-state index in [0.717, 1.165) is 10.9 Å². The molecule has 0 aliphatic rings. The fourth-order valence-electron chi connectivity index (χ4n) is 1.98. The van der Waals surface area contributed by atoms with Crippen LogP contribution in [0.25, 0.3) is 16.6 Å². The lowest BCUT2D eigenvalue weighted by Gasteiger charge is -2.06. The molecule has 0 saturated heterocycles. The molecular formula is C11H8N4O2. The molecule has 0 fully saturated rings. The van der Waals surface area contributed by atoms with E-state index in [1.807, 2.05) is 19.1 Å². The molecular weight excluding hydrogens is 220 g/mol. The largest absolute Gasteiger partial charge is 0.478 e. The topological polar surface area (TPSA) is 80.4 Å². The number of aromatic nitrogens is 4. The molecule has 0 aliphatic heterocycles. The number of benzene rings is 1. The second kappa shape index (κ2) is 3.24. The minimum atomic E-state index is -0.988. The van der Waals surface area contributed by atoms with Gasteiger partial charge in [0.05, 0.1) is 11.1 Å². The third-order valence-corrected chi connectivity index (χ3v) is 2.74. The normalized spacial score (nSPS) is 11.1. The molecule has 3 rings (SSSR count). The van der Waals surface area contributed by atoms with E-state index in [-0.39, 0.29) is 5.56 Å². The van der Waals surface area contributed by atoms with Crippen LogP contribution in [0.15, 0.2) is 24.3 Å². The molecule has 3 aromatic rings. The van der Waals surface area contributed by atoms with E-state index in [0.29, 0.717) is 11.2 Å². The number of carbonyl (C=O) groups is 1. The molecule has 1 N–H and O–H groups in total. The zero-order valence-corrected chi connectivity index (χ0v) is 8.95. The van der Waals surface area contributed by atoms with Crippen LogP contribution in [-0.4, -0.2) is 31.1 Å². The average molecular weight is 228 g/mol. The lowest BCUT2D eigenvalue weighted by atomic mass is 10.1. The highest BCUT2D eigenvalue weighted by Gasteiger charge is 2.14. The first-order chi connectivity index (χ1) is 8.18. The van der Waals surface area contributed by atoms with Gasteiger partial charge in [-0.3, -0.25) is 0 Å². The van der Waals surface area contributed by atoms with Crippen LogP contribution in [0.2, 0.25) is 0 Å². The van der Waals surface area contributed by atoms with Gasteiger partial charge in [0.25, 0.3) is 0 Å². The monoisotopic (exact) mass is 228 g/mol. The minimum absolute atomic E-state index is 0.198. The van der Waals surface area contributed by atoms with E-state index < -0.39 is 5.97 Å². The summed E-state index contributed by atoms with van der Waals surface area (Å²) in [4.78, 5) is 11.2. The second-order valence-electron chi connectivity index (χ2n) is 3.78. The number of rotatable bonds is 1. The predicted molar refractivity (Wildman–Crippen MR) is 60.0 cm³/mol. The zero-order chi connectivity index (χ0) is 12.0. The number of aryl methyl sites for hydroxylation is 1. The maximum Gasteiger partial charge on any atom is 0.337 e. The number of hydrogen-bond acceptors (Lipinski definition) is 4. The number of carboxylic acid groups (broad SMARTS) is 1. The molecule has 2 heterocycles. The van der Waals surface area contributed by atoms with Crippen molar-refractivity contribution in [2.75, 3.05) is 0 Å². The fourth-order valence-corrected chi connectivity index (χ4v) is 1.98. The number of aromatic carboxylic acids is 1. The lowest BCUT2D eigenvalue weighted by molar-refractivity contribution is 0.0698. The Labute approximate surface area is 95.5 Å². The van der Waals surface area contributed by atoms with E-state index in [2.05, 4.69) is 15.5 Å². The van der Waals surface area contributed by atoms with E-state index in [1.165, 1.54) is 4.52 Å². The Hall–Kier alpha value is -2.50. The van der Waals surface area contributed by atoms with Gasteiger partial charge in [-0.05, 0) is 35.0 Å². The zero-order valence-electron chi connectivity index (χ0n) is 8.95. The Morgan fingerprint density at radius 2 is 2.24 bits per heavy atom. The molecule has 84 valence electrons. The Balaban J connectivity index is 2.64. The van der Waals surface area contributed by atoms with Crippen molar-refractivity contribution >= 4 is 22.5 Å². The summed E-state index contributed by atoms with van der Waals surface area (Å²) in [5.41, 5.74) is 2.22. The summed E-state index contributed by atoms with van der Waals surface area (Å²) < 4.78 is 1.45. The Morgan fingerprint density at radius 1 is 1.41 bits per heavy atom. The number of tetrazole rings is 1. The number of para-hydroxylation sites is 1. The molecule has 0 spiro atoms. The van der Waals surface area contributed by atoms with Crippen LogP contribution >= 0.6 is 0 Å². The third kappa shape index (κ3) is 1.27. The summed E-state index contributed by atoms with van der Waals surface area (Å²) in [6.07, 6.45) is 0. The van der Waals surface area contributed by atoms with Crippen LogP contribution in [0, 0.1) is 6.92 Å². The van der Waals surface area contributed by atoms with Crippen molar-refractivity contribution in [3.05, 3.63) is 35.4 Å². The Bertz CT molecular complexity index is 748. The highest BCUT2D eigenvalue weighted by Crippen LogP contribution is 2.23. The molecule has 0 atom stereocenters. The highest BCUT2D eigenvalue weighted by atomic mass is 16.4. The molecule has 0 radical (unpaired) electrons. The van der Waals surface area contributed by atoms with Gasteiger partial charge in [-0.1, -0.05) is 12.1 Å². The van der Waals surface area contributed by atoms with Crippen LogP contribution in [0.1, 0.15) is 15.9 Å². The molecule has 0 saturated carbocycles. The molecule has 2 aromatic heterocycles. The van der Waals surface area contributed by atoms with Gasteiger partial charge in [0, 0.05) is 5.39 Å². The SMILES string of the molecule is Cc1cc2nnnn2c2c(C(=O)O)cccc12. The van der Waals surface area contributed by atoms with Gasteiger partial charge in [0.15, 0.2) is 5.65 Å². The predicted octanol–water partition coefficient (Wildman–Crippen LogP) is 1.28. The van der Waals surface area contributed by atoms with Crippen LogP contribution in [0.4, 0.5) is 0 Å². The van der Waals surface area contributed by atoms with Crippen molar-refractivity contribution in [1.29, 1.82) is 0 Å². The molecule has 0 unspecified atom stereocenters. The Morgan fingerprint density at radius 3 is 3.00 bits per heavy atom. The average Bonchev–Trinajstić information content (AvgIpc) is 2.76. The molecule has 1 aromatic carbocycles. The first-order valence-electron chi connectivity index (χ1n) is 5.02. The van der Waals surface area contributed by atoms with E-state index in [9.17, 15) is 9.90 Å². The van der Waals surface area contributed by atoms with Gasteiger partial charge in [-0.25, -0.2) is 4.79 Å². The first kappa shape index (κ1) is 9.71. The van der Waals surface area contributed by atoms with Crippen LogP contribution < -0.4 is 0 Å². The standard InChI is InChI=1S/C11H8N4O2/c1-6-5-9-12-13-14-15(9)10-7(6)3-2-4-8(10)11(16)17/h2-5H,1H3,(H,16,17). The van der Waals surface area contributed by atoms with Crippen molar-refractivity contribution in [2.24, 2.45) is 0 Å². The lowest BCUT2D eigenvalue weighted by Crippen LogP contribution is -2.03. The van der Waals surface area contributed by atoms with Crippen molar-refractivity contribution in [1.82, 2.24) is 20.0 Å². The molecule has 0 aliphatic carbocycles. The molecule has 6 heteroatoms. The van der Waals surface area contributed by atoms with Gasteiger partial charge in [-0.2, -0.15) is 4.52 Å². The smallest absolute Gasteiger partial charge is 0.337 e. The summed E-state index contributed by atoms with van der Waals surface area (Å²) in [7, 11) is 0. The minimum Gasteiger partial charge on any atom is -0.478 e. The summed E-state index contributed by atoms with van der Waals surface area (Å²) in [5, 5.41) is 21.3. The van der Waals surface area contributed by atoms with Gasteiger partial charge in [0.2, 0.25) is 0 Å². The first-order valence-corrected chi connectivity index (χ1v) is 5.02. The third-order valence-electron chi connectivity index (χ3n) is 2.74. The van der Waals surface area contributed by atoms with Gasteiger partial charge >= 0.3 is 5.97 Å². The molecule has 17 heavy (non-hydrogen) atoms. The van der Waals surface area contributed by atoms with Crippen molar-refractivity contribution in [3.8, 4) is 0 Å². The number of carboxylic acids is 1. The van der Waals surface area contributed by atoms with Crippen molar-refractivity contribution < 1.29 is 9.90 Å². The molecule has 0 bridgehead atoms. The number of pyridine rings is 1. The summed E-state index contributed by atoms with van der Waals surface area (Å²) in [5.74, 6) is -0.988. The number of hydrogen-bond donors (Lipinski definition) is 1. The second-order valence-corrected chi connectivity index (χ2v) is 3.78. The van der Waals surface area contributed by atoms with Crippen molar-refractivity contribution in [2.45, 2.75) is 6.92 Å². The van der Waals surface area contributed by atoms with Crippen LogP contribution in [0.3, 0.4) is 0 Å². The van der Waals surface area contributed by atoms with Gasteiger partial charge < -0.3 is 5.11 Å². The van der Waals surface area contributed by atoms with E-state index in [4.69, 9.17) is 0 Å². The van der Waals surface area contributed by atoms with Crippen LogP contribution in [0.5, 0.6) is 0 Å². The van der Waals surface area contributed by atoms with Gasteiger partial charge in [0.1, 0.15) is 0 Å². The summed E-state index contributed by atoms with van der Waals surface area (Å²) in [6, 6.07) is 6.95. The summed E-state index contributed by atoms with van der Waals surface area (Å²) >= 11 is 0. The molecule has 0 amide bonds. The van der Waals surface area contributed by atoms with E-state index >= 15 is 0 Å². The maximum absolute atomic E-state index is 11.2. The van der Waals surface area contributed by atoms with Crippen LogP contribution in [-0.2, 0) is 0 Å². The fraction of sp³-hybridized carbons (Fsp3) is 0.0909. The number of fused-ring (bicyclic) bond motifs is 3. The highest BCUT2D eigenvalue weighted by molar-refractivity contribution is 6.03. The molecule has 6 nitrogen and oxygen atoms in total. The van der Waals surface area contributed by atoms with Crippen molar-refractivity contribution in [3.63, 3.8) is 0 Å². The Kier molecular flexibility index (Phi) is 1.85. The van der Waals surface area contributed by atoms with E-state index in [1.54, 1.807) is 12.1 Å². The quantitative estimate of drug-likeness (QED) is 0.678.